The van der Waals surface area contributed by atoms with Crippen LogP contribution >= 0.6 is 23.8 Å². The van der Waals surface area contributed by atoms with Crippen molar-refractivity contribution < 1.29 is 4.79 Å². The Morgan fingerprint density at radius 3 is 2.52 bits per heavy atom. The molecule has 0 spiro atoms. The van der Waals surface area contributed by atoms with Crippen molar-refractivity contribution in [3.05, 3.63) is 64.7 Å². The first-order valence-electron chi connectivity index (χ1n) is 9.41. The van der Waals surface area contributed by atoms with Gasteiger partial charge in [-0.1, -0.05) is 48.9 Å². The first kappa shape index (κ1) is 19.8. The molecule has 0 amide bonds. The van der Waals surface area contributed by atoms with Gasteiger partial charge in [0.2, 0.25) is 0 Å². The van der Waals surface area contributed by atoms with Gasteiger partial charge in [0.05, 0.1) is 0 Å². The van der Waals surface area contributed by atoms with Gasteiger partial charge in [-0.2, -0.15) is 0 Å². The largest absolute Gasteiger partial charge is 0.335 e. The predicted octanol–water partition coefficient (Wildman–Crippen LogP) is 5.57. The van der Waals surface area contributed by atoms with Gasteiger partial charge >= 0.3 is 0 Å². The van der Waals surface area contributed by atoms with E-state index in [2.05, 4.69) is 24.4 Å². The summed E-state index contributed by atoms with van der Waals surface area (Å²) >= 11 is 12.2. The maximum Gasteiger partial charge on any atom is 0.174 e. The van der Waals surface area contributed by atoms with Gasteiger partial charge < -0.3 is 10.2 Å². The van der Waals surface area contributed by atoms with Gasteiger partial charge in [-0.25, -0.2) is 0 Å². The zero-order valence-electron chi connectivity index (χ0n) is 15.8. The highest BCUT2D eigenvalue weighted by molar-refractivity contribution is 7.80. The summed E-state index contributed by atoms with van der Waals surface area (Å²) in [4.78, 5) is 15.1. The molecule has 0 aromatic heterocycles. The number of nitrogens with zero attached hydrogens (tertiary/aromatic N) is 1. The first-order valence-corrected chi connectivity index (χ1v) is 10.2. The van der Waals surface area contributed by atoms with Crippen molar-refractivity contribution in [2.45, 2.75) is 44.6 Å². The van der Waals surface area contributed by atoms with Crippen LogP contribution in [0.25, 0.3) is 0 Å². The topological polar surface area (TPSA) is 32.3 Å². The number of aryl methyl sites for hydroxylation is 1. The number of anilines is 1. The van der Waals surface area contributed by atoms with Crippen molar-refractivity contribution >= 4 is 40.4 Å². The number of rotatable bonds is 4. The molecule has 0 heterocycles. The number of nitrogens with one attached hydrogen (secondary N) is 1. The number of carbonyl (C=O) groups excluding carboxylic acids is 1. The van der Waals surface area contributed by atoms with Crippen LogP contribution in [-0.4, -0.2) is 22.8 Å². The second-order valence-corrected chi connectivity index (χ2v) is 7.80. The van der Waals surface area contributed by atoms with Crippen LogP contribution in [0.15, 0.2) is 48.5 Å². The molecule has 0 radical (unpaired) electrons. The molecule has 3 rings (SSSR count). The predicted molar refractivity (Wildman–Crippen MR) is 116 cm³/mol. The standard InChI is InChI=1S/C22H25ClN2OS/c1-3-16-11-13-17(14-12-16)24-21(27)25(2)22(15-7-6-10-20(22)26)18-8-4-5-9-19(18)23/h4-5,8-9,11-14H,3,6-7,10,15H2,1-2H3,(H,24,27)/t22-/m0/s1. The highest BCUT2D eigenvalue weighted by Gasteiger charge is 2.47. The molecule has 0 unspecified atom stereocenters. The Labute approximate surface area is 171 Å². The lowest BCUT2D eigenvalue weighted by Gasteiger charge is -2.45. The van der Waals surface area contributed by atoms with Crippen LogP contribution in [0, 0.1) is 0 Å². The Bertz CT molecular complexity index is 836. The average molecular weight is 401 g/mol. The molecular weight excluding hydrogens is 376 g/mol. The number of halogens is 1. The van der Waals surface area contributed by atoms with E-state index in [1.165, 1.54) is 5.56 Å². The molecule has 2 aromatic carbocycles. The fraction of sp³-hybridized carbons (Fsp3) is 0.364. The molecule has 5 heteroatoms. The fourth-order valence-electron chi connectivity index (χ4n) is 3.83. The smallest absolute Gasteiger partial charge is 0.174 e. The minimum atomic E-state index is -0.815. The lowest BCUT2D eigenvalue weighted by atomic mass is 9.74. The van der Waals surface area contributed by atoms with Gasteiger partial charge in [-0.05, 0) is 61.7 Å². The van der Waals surface area contributed by atoms with E-state index < -0.39 is 5.54 Å². The van der Waals surface area contributed by atoms with Crippen LogP contribution in [0.4, 0.5) is 5.69 Å². The number of carbonyl (C=O) groups is 1. The van der Waals surface area contributed by atoms with Crippen LogP contribution in [0.2, 0.25) is 5.02 Å². The van der Waals surface area contributed by atoms with E-state index in [1.807, 2.05) is 48.3 Å². The van der Waals surface area contributed by atoms with Crippen molar-refractivity contribution in [2.75, 3.05) is 12.4 Å². The fourth-order valence-corrected chi connectivity index (χ4v) is 4.40. The summed E-state index contributed by atoms with van der Waals surface area (Å²) in [5, 5.41) is 4.42. The summed E-state index contributed by atoms with van der Waals surface area (Å²) in [6.45, 7) is 2.13. The molecule has 0 aliphatic heterocycles. The Morgan fingerprint density at radius 1 is 1.19 bits per heavy atom. The normalized spacial score (nSPS) is 19.6. The van der Waals surface area contributed by atoms with E-state index in [4.69, 9.17) is 23.8 Å². The van der Waals surface area contributed by atoms with Gasteiger partial charge in [-0.15, -0.1) is 0 Å². The molecule has 1 fully saturated rings. The van der Waals surface area contributed by atoms with Crippen LogP contribution < -0.4 is 5.32 Å². The van der Waals surface area contributed by atoms with E-state index >= 15 is 0 Å². The number of hydrogen-bond donors (Lipinski definition) is 1. The molecule has 27 heavy (non-hydrogen) atoms. The van der Waals surface area contributed by atoms with Crippen molar-refractivity contribution in [1.82, 2.24) is 4.90 Å². The molecule has 2 aromatic rings. The third-order valence-electron chi connectivity index (χ3n) is 5.46. The molecule has 3 nitrogen and oxygen atoms in total. The number of benzene rings is 2. The zero-order chi connectivity index (χ0) is 19.4. The van der Waals surface area contributed by atoms with E-state index in [0.29, 0.717) is 23.0 Å². The molecule has 1 N–H and O–H groups in total. The van der Waals surface area contributed by atoms with Crippen LogP contribution in [0.5, 0.6) is 0 Å². The van der Waals surface area contributed by atoms with Crippen LogP contribution in [0.3, 0.4) is 0 Å². The second-order valence-electron chi connectivity index (χ2n) is 7.01. The minimum absolute atomic E-state index is 0.176. The quantitative estimate of drug-likeness (QED) is 0.680. The number of ketones is 1. The van der Waals surface area contributed by atoms with E-state index in [0.717, 1.165) is 30.5 Å². The molecule has 0 bridgehead atoms. The van der Waals surface area contributed by atoms with Gasteiger partial charge in [0.1, 0.15) is 5.54 Å². The lowest BCUT2D eigenvalue weighted by molar-refractivity contribution is -0.131. The molecule has 1 aliphatic carbocycles. The van der Waals surface area contributed by atoms with Gasteiger partial charge in [0, 0.05) is 29.7 Å². The molecular formula is C22H25ClN2OS. The summed E-state index contributed by atoms with van der Waals surface area (Å²) in [5.41, 5.74) is 2.21. The summed E-state index contributed by atoms with van der Waals surface area (Å²) in [6, 6.07) is 15.8. The molecule has 142 valence electrons. The van der Waals surface area contributed by atoms with Gasteiger partial charge in [0.25, 0.3) is 0 Å². The Balaban J connectivity index is 1.93. The van der Waals surface area contributed by atoms with Crippen molar-refractivity contribution in [3.8, 4) is 0 Å². The van der Waals surface area contributed by atoms with Gasteiger partial charge in [-0.3, -0.25) is 4.79 Å². The third-order valence-corrected chi connectivity index (χ3v) is 6.17. The molecule has 1 atom stereocenters. The SMILES string of the molecule is CCc1ccc(NC(=S)N(C)[C@]2(c3ccccc3Cl)CCCCC2=O)cc1. The molecule has 1 saturated carbocycles. The van der Waals surface area contributed by atoms with Crippen molar-refractivity contribution in [2.24, 2.45) is 0 Å². The van der Waals surface area contributed by atoms with Crippen molar-refractivity contribution in [1.29, 1.82) is 0 Å². The maximum absolute atomic E-state index is 13.2. The number of hydrogen-bond acceptors (Lipinski definition) is 2. The molecule has 1 aliphatic rings. The lowest BCUT2D eigenvalue weighted by Crippen LogP contribution is -2.55. The zero-order valence-corrected chi connectivity index (χ0v) is 17.4. The Kier molecular flexibility index (Phi) is 6.18. The van der Waals surface area contributed by atoms with E-state index in [-0.39, 0.29) is 5.78 Å². The van der Waals surface area contributed by atoms with E-state index in [1.54, 1.807) is 0 Å². The Morgan fingerprint density at radius 2 is 1.89 bits per heavy atom. The summed E-state index contributed by atoms with van der Waals surface area (Å²) in [7, 11) is 1.89. The highest BCUT2D eigenvalue weighted by Crippen LogP contribution is 2.42. The van der Waals surface area contributed by atoms with E-state index in [9.17, 15) is 4.79 Å². The number of thiocarbonyl (C=S) groups is 1. The highest BCUT2D eigenvalue weighted by atomic mass is 35.5. The number of likely N-dealkylation sites (N-methyl/N-ethyl adjacent to an activating group) is 1. The van der Waals surface area contributed by atoms with Crippen LogP contribution in [-0.2, 0) is 16.8 Å². The summed E-state index contributed by atoms with van der Waals surface area (Å²) in [6.07, 6.45) is 4.13. The average Bonchev–Trinajstić information content (AvgIpc) is 2.69. The summed E-state index contributed by atoms with van der Waals surface area (Å²) in [5.74, 6) is 0.176. The number of Topliss-reactive ketones (excluding diaryl/α,β-unsaturated/α-hetero) is 1. The second kappa shape index (κ2) is 8.41. The summed E-state index contributed by atoms with van der Waals surface area (Å²) < 4.78 is 0. The first-order chi connectivity index (χ1) is 13.0. The van der Waals surface area contributed by atoms with Gasteiger partial charge in [0.15, 0.2) is 10.9 Å². The van der Waals surface area contributed by atoms with Crippen molar-refractivity contribution in [3.63, 3.8) is 0 Å². The minimum Gasteiger partial charge on any atom is -0.335 e. The monoisotopic (exact) mass is 400 g/mol. The maximum atomic E-state index is 13.2. The van der Waals surface area contributed by atoms with Crippen LogP contribution in [0.1, 0.15) is 43.7 Å². The molecule has 0 saturated heterocycles. The third kappa shape index (κ3) is 3.87. The Hall–Kier alpha value is -1.91.